The van der Waals surface area contributed by atoms with Crippen molar-refractivity contribution in [1.29, 1.82) is 0 Å². The van der Waals surface area contributed by atoms with Crippen LogP contribution in [0.25, 0.3) is 0 Å². The highest BCUT2D eigenvalue weighted by atomic mass is 16.6. The van der Waals surface area contributed by atoms with Crippen LogP contribution in [0.4, 0.5) is 0 Å². The minimum atomic E-state index is -0.773. The Morgan fingerprint density at radius 2 is 0.462 bits per heavy atom. The molecule has 78 heavy (non-hydrogen) atoms. The van der Waals surface area contributed by atoms with Crippen molar-refractivity contribution in [3.63, 3.8) is 0 Å². The minimum absolute atomic E-state index is 0.0720. The Morgan fingerprint density at radius 1 is 0.256 bits per heavy atom. The van der Waals surface area contributed by atoms with Gasteiger partial charge in [-0.3, -0.25) is 14.4 Å². The first kappa shape index (κ1) is 75.1. The fraction of sp³-hybridized carbons (Fsp3) is 0.819. The molecule has 0 aliphatic carbocycles. The summed E-state index contributed by atoms with van der Waals surface area (Å²) in [7, 11) is 0. The molecule has 1 unspecified atom stereocenters. The number of carbonyl (C=O) groups excluding carboxylic acids is 3. The molecule has 0 saturated carbocycles. The summed E-state index contributed by atoms with van der Waals surface area (Å²) in [6.07, 6.45) is 85.5. The van der Waals surface area contributed by atoms with Crippen LogP contribution in [0.15, 0.2) is 60.8 Å². The smallest absolute Gasteiger partial charge is 0.306 e. The van der Waals surface area contributed by atoms with E-state index in [1.54, 1.807) is 0 Å². The largest absolute Gasteiger partial charge is 0.462 e. The fourth-order valence-electron chi connectivity index (χ4n) is 10.1. The number of ether oxygens (including phenoxy) is 3. The molecule has 454 valence electrons. The van der Waals surface area contributed by atoms with E-state index in [0.717, 1.165) is 77.0 Å². The molecule has 0 saturated heterocycles. The van der Waals surface area contributed by atoms with Crippen molar-refractivity contribution >= 4 is 17.9 Å². The maximum absolute atomic E-state index is 12.9. The highest BCUT2D eigenvalue weighted by Gasteiger charge is 2.19. The Hall–Kier alpha value is -2.89. The van der Waals surface area contributed by atoms with E-state index in [2.05, 4.69) is 81.5 Å². The predicted molar refractivity (Wildman–Crippen MR) is 339 cm³/mol. The summed E-state index contributed by atoms with van der Waals surface area (Å²) in [5, 5.41) is 0. The van der Waals surface area contributed by atoms with Gasteiger partial charge in [-0.15, -0.1) is 0 Å². The maximum Gasteiger partial charge on any atom is 0.306 e. The summed E-state index contributed by atoms with van der Waals surface area (Å²) in [6.45, 7) is 6.63. The highest BCUT2D eigenvalue weighted by molar-refractivity contribution is 5.71. The quantitative estimate of drug-likeness (QED) is 0.0261. The van der Waals surface area contributed by atoms with Crippen molar-refractivity contribution in [1.82, 2.24) is 0 Å². The number of allylic oxidation sites excluding steroid dienone is 10. The third kappa shape index (κ3) is 63.9. The molecule has 0 bridgehead atoms. The van der Waals surface area contributed by atoms with Crippen molar-refractivity contribution < 1.29 is 28.6 Å². The maximum atomic E-state index is 12.9. The molecule has 6 heteroatoms. The van der Waals surface area contributed by atoms with Crippen LogP contribution in [-0.4, -0.2) is 37.2 Å². The topological polar surface area (TPSA) is 78.9 Å². The second-order valence-electron chi connectivity index (χ2n) is 23.1. The van der Waals surface area contributed by atoms with E-state index < -0.39 is 6.10 Å². The minimum Gasteiger partial charge on any atom is -0.462 e. The third-order valence-corrected chi connectivity index (χ3v) is 15.2. The summed E-state index contributed by atoms with van der Waals surface area (Å²) in [4.78, 5) is 38.2. The van der Waals surface area contributed by atoms with Crippen LogP contribution >= 0.6 is 0 Å². The third-order valence-electron chi connectivity index (χ3n) is 15.2. The van der Waals surface area contributed by atoms with E-state index in [9.17, 15) is 14.4 Å². The Kier molecular flexibility index (Phi) is 64.2. The van der Waals surface area contributed by atoms with Crippen LogP contribution in [0.5, 0.6) is 0 Å². The van der Waals surface area contributed by atoms with Gasteiger partial charge >= 0.3 is 17.9 Å². The second-order valence-corrected chi connectivity index (χ2v) is 23.1. The molecule has 1 atom stereocenters. The van der Waals surface area contributed by atoms with Gasteiger partial charge in [0.2, 0.25) is 0 Å². The first-order valence-electron chi connectivity index (χ1n) is 34.3. The van der Waals surface area contributed by atoms with Gasteiger partial charge in [0.25, 0.3) is 0 Å². The molecule has 0 aromatic carbocycles. The van der Waals surface area contributed by atoms with Gasteiger partial charge in [0.05, 0.1) is 0 Å². The van der Waals surface area contributed by atoms with E-state index in [1.807, 2.05) is 0 Å². The molecular formula is C72H130O6. The summed E-state index contributed by atoms with van der Waals surface area (Å²) in [6, 6.07) is 0. The van der Waals surface area contributed by atoms with E-state index in [-0.39, 0.29) is 31.1 Å². The van der Waals surface area contributed by atoms with E-state index >= 15 is 0 Å². The number of esters is 3. The molecular weight excluding hydrogens is 961 g/mol. The van der Waals surface area contributed by atoms with Gasteiger partial charge in [-0.25, -0.2) is 0 Å². The van der Waals surface area contributed by atoms with Gasteiger partial charge in [0.15, 0.2) is 6.10 Å². The Morgan fingerprint density at radius 3 is 0.718 bits per heavy atom. The van der Waals surface area contributed by atoms with Gasteiger partial charge in [-0.2, -0.15) is 0 Å². The first-order chi connectivity index (χ1) is 38.5. The lowest BCUT2D eigenvalue weighted by Crippen LogP contribution is -2.30. The number of unbranched alkanes of at least 4 members (excludes halogenated alkanes) is 42. The number of rotatable bonds is 63. The normalized spacial score (nSPS) is 12.4. The van der Waals surface area contributed by atoms with Gasteiger partial charge in [0.1, 0.15) is 13.2 Å². The van der Waals surface area contributed by atoms with E-state index in [0.29, 0.717) is 19.3 Å². The van der Waals surface area contributed by atoms with Crippen LogP contribution < -0.4 is 0 Å². The molecule has 0 rings (SSSR count). The second kappa shape index (κ2) is 66.6. The van der Waals surface area contributed by atoms with Crippen LogP contribution in [0.2, 0.25) is 0 Å². The zero-order valence-electron chi connectivity index (χ0n) is 52.2. The lowest BCUT2D eigenvalue weighted by molar-refractivity contribution is -0.167. The average Bonchev–Trinajstić information content (AvgIpc) is 3.44. The van der Waals surface area contributed by atoms with Crippen molar-refractivity contribution in [2.24, 2.45) is 0 Å². The Bertz CT molecular complexity index is 1390. The van der Waals surface area contributed by atoms with Crippen molar-refractivity contribution in [3.8, 4) is 0 Å². The van der Waals surface area contributed by atoms with Gasteiger partial charge in [0, 0.05) is 19.3 Å². The average molecular weight is 1090 g/mol. The lowest BCUT2D eigenvalue weighted by Gasteiger charge is -2.18. The van der Waals surface area contributed by atoms with Gasteiger partial charge in [-0.1, -0.05) is 313 Å². The van der Waals surface area contributed by atoms with Crippen LogP contribution in [0.1, 0.15) is 361 Å². The van der Waals surface area contributed by atoms with E-state index in [1.165, 1.54) is 244 Å². The van der Waals surface area contributed by atoms with Gasteiger partial charge in [-0.05, 0) is 89.9 Å². The monoisotopic (exact) mass is 1090 g/mol. The lowest BCUT2D eigenvalue weighted by atomic mass is 10.0. The summed E-state index contributed by atoms with van der Waals surface area (Å²) in [5.74, 6) is -0.862. The Balaban J connectivity index is 4.08. The molecule has 0 aromatic heterocycles. The number of hydrogen-bond donors (Lipinski definition) is 0. The molecule has 0 fully saturated rings. The van der Waals surface area contributed by atoms with E-state index in [4.69, 9.17) is 14.2 Å². The standard InChI is InChI=1S/C72H130O6/c1-4-7-10-13-16-19-21-23-25-27-29-31-32-33-34-35-36-37-38-39-40-42-43-45-47-49-51-53-56-59-62-65-71(74)77-68-69(67-76-70(73)64-61-58-55-18-15-12-9-6-3)78-72(75)66-63-60-57-54-52-50-48-46-44-41-30-28-26-24-22-20-17-14-11-8-5-2/h21-24,27-30,32-33,69H,4-20,25-26,31,34-68H2,1-3H3/b23-21-,24-22-,29-27-,30-28-,33-32-. The Labute approximate surface area is 485 Å². The molecule has 0 N–H and O–H groups in total. The van der Waals surface area contributed by atoms with Crippen LogP contribution in [-0.2, 0) is 28.6 Å². The summed E-state index contributed by atoms with van der Waals surface area (Å²) in [5.41, 5.74) is 0. The molecule has 0 heterocycles. The molecule has 0 aliphatic rings. The number of hydrogen-bond acceptors (Lipinski definition) is 6. The molecule has 6 nitrogen and oxygen atoms in total. The fourth-order valence-corrected chi connectivity index (χ4v) is 10.1. The first-order valence-corrected chi connectivity index (χ1v) is 34.3. The molecule has 0 amide bonds. The predicted octanol–water partition coefficient (Wildman–Crippen LogP) is 23.5. The SMILES string of the molecule is CCCCCCC/C=C\C/C=C\C/C=C\CCCCCCCCCCCCCCCCCCC(=O)OCC(COC(=O)CCCCCCCCCC)OC(=O)CCCCCCCCCCC/C=C\C/C=C\CCCCCCC. The molecule has 0 aliphatic heterocycles. The van der Waals surface area contributed by atoms with Crippen LogP contribution in [0, 0.1) is 0 Å². The summed E-state index contributed by atoms with van der Waals surface area (Å²) >= 11 is 0. The van der Waals surface area contributed by atoms with Crippen molar-refractivity contribution in [3.05, 3.63) is 60.8 Å². The molecule has 0 radical (unpaired) electrons. The summed E-state index contributed by atoms with van der Waals surface area (Å²) < 4.78 is 16.9. The highest BCUT2D eigenvalue weighted by Crippen LogP contribution is 2.17. The molecule has 0 spiro atoms. The van der Waals surface area contributed by atoms with Crippen molar-refractivity contribution in [2.75, 3.05) is 13.2 Å². The number of carbonyl (C=O) groups is 3. The zero-order valence-corrected chi connectivity index (χ0v) is 52.2. The zero-order chi connectivity index (χ0) is 56.4. The molecule has 0 aromatic rings. The van der Waals surface area contributed by atoms with Crippen LogP contribution in [0.3, 0.4) is 0 Å². The van der Waals surface area contributed by atoms with Gasteiger partial charge < -0.3 is 14.2 Å². The van der Waals surface area contributed by atoms with Crippen molar-refractivity contribution in [2.45, 2.75) is 367 Å².